The first kappa shape index (κ1) is 12.8. The number of carboxylic acid groups (broad SMARTS) is 1. The lowest BCUT2D eigenvalue weighted by atomic mass is 9.60. The minimum atomic E-state index is -1.03. The summed E-state index contributed by atoms with van der Waals surface area (Å²) in [5, 5.41) is 20.4. The fourth-order valence-corrected chi connectivity index (χ4v) is 3.32. The third kappa shape index (κ3) is 2.08. The maximum atomic E-state index is 11.6. The number of carboxylic acids is 1. The highest BCUT2D eigenvalue weighted by Crippen LogP contribution is 2.49. The highest BCUT2D eigenvalue weighted by Gasteiger charge is 2.56. The van der Waals surface area contributed by atoms with Crippen LogP contribution in [0.4, 0.5) is 0 Å². The van der Waals surface area contributed by atoms with E-state index in [-0.39, 0.29) is 0 Å². The second-order valence-electron chi connectivity index (χ2n) is 5.71. The van der Waals surface area contributed by atoms with Crippen molar-refractivity contribution in [2.75, 3.05) is 13.2 Å². The summed E-state index contributed by atoms with van der Waals surface area (Å²) < 4.78 is 5.26. The van der Waals surface area contributed by atoms with Gasteiger partial charge in [0.1, 0.15) is 5.41 Å². The molecule has 2 aliphatic rings. The second-order valence-corrected chi connectivity index (χ2v) is 5.71. The van der Waals surface area contributed by atoms with Crippen LogP contribution in [0.3, 0.4) is 0 Å². The largest absolute Gasteiger partial charge is 0.481 e. The lowest BCUT2D eigenvalue weighted by Gasteiger charge is -2.49. The number of rotatable bonds is 2. The third-order valence-corrected chi connectivity index (χ3v) is 4.75. The third-order valence-electron chi connectivity index (χ3n) is 4.75. The van der Waals surface area contributed by atoms with Gasteiger partial charge in [0.25, 0.3) is 0 Å². The average Bonchev–Trinajstić information content (AvgIpc) is 2.34. The van der Waals surface area contributed by atoms with Crippen molar-refractivity contribution in [3.63, 3.8) is 0 Å². The molecule has 1 aliphatic heterocycles. The summed E-state index contributed by atoms with van der Waals surface area (Å²) in [6, 6.07) is 0. The number of hydrogen-bond acceptors (Lipinski definition) is 3. The first-order valence-electron chi connectivity index (χ1n) is 6.54. The molecule has 2 rings (SSSR count). The van der Waals surface area contributed by atoms with Crippen molar-refractivity contribution in [1.82, 2.24) is 0 Å². The second kappa shape index (κ2) is 4.58. The van der Waals surface area contributed by atoms with E-state index in [0.717, 1.165) is 12.8 Å². The molecule has 0 aromatic heterocycles. The minimum absolute atomic E-state index is 0.438. The molecule has 0 bridgehead atoms. The molecule has 0 spiro atoms. The molecule has 98 valence electrons. The number of ether oxygens (including phenoxy) is 1. The number of carbonyl (C=O) groups is 1. The van der Waals surface area contributed by atoms with Crippen LogP contribution in [0.2, 0.25) is 0 Å². The van der Waals surface area contributed by atoms with Crippen LogP contribution < -0.4 is 0 Å². The molecule has 4 heteroatoms. The number of aliphatic carboxylic acids is 1. The van der Waals surface area contributed by atoms with Gasteiger partial charge in [-0.15, -0.1) is 0 Å². The van der Waals surface area contributed by atoms with Gasteiger partial charge in [0, 0.05) is 13.2 Å². The Kier molecular flexibility index (Phi) is 3.46. The fourth-order valence-electron chi connectivity index (χ4n) is 3.32. The molecule has 1 heterocycles. The Morgan fingerprint density at radius 2 is 1.71 bits per heavy atom. The van der Waals surface area contributed by atoms with Crippen LogP contribution in [0.5, 0.6) is 0 Å². The molecule has 1 aliphatic carbocycles. The van der Waals surface area contributed by atoms with E-state index in [4.69, 9.17) is 4.74 Å². The van der Waals surface area contributed by atoms with E-state index in [1.165, 1.54) is 0 Å². The van der Waals surface area contributed by atoms with Crippen molar-refractivity contribution in [3.8, 4) is 0 Å². The van der Waals surface area contributed by atoms with Crippen LogP contribution in [0.15, 0.2) is 0 Å². The first-order valence-corrected chi connectivity index (χ1v) is 6.54. The van der Waals surface area contributed by atoms with E-state index in [9.17, 15) is 15.0 Å². The Bertz CT molecular complexity index is 286. The Balaban J connectivity index is 2.23. The summed E-state index contributed by atoms with van der Waals surface area (Å²) in [7, 11) is 0. The molecule has 1 saturated heterocycles. The molecule has 0 amide bonds. The normalized spacial score (nSPS) is 37.6. The highest BCUT2D eigenvalue weighted by molar-refractivity contribution is 5.76. The van der Waals surface area contributed by atoms with Gasteiger partial charge in [-0.25, -0.2) is 0 Å². The van der Waals surface area contributed by atoms with Gasteiger partial charge < -0.3 is 14.9 Å². The van der Waals surface area contributed by atoms with Crippen molar-refractivity contribution in [1.29, 1.82) is 0 Å². The Hall–Kier alpha value is -0.610. The zero-order valence-corrected chi connectivity index (χ0v) is 10.4. The molecule has 0 aromatic rings. The molecule has 2 N–H and O–H groups in total. The minimum Gasteiger partial charge on any atom is -0.481 e. The predicted octanol–water partition coefficient (Wildman–Crippen LogP) is 1.81. The van der Waals surface area contributed by atoms with Gasteiger partial charge in [-0.05, 0) is 44.4 Å². The van der Waals surface area contributed by atoms with Gasteiger partial charge in [-0.3, -0.25) is 4.79 Å². The quantitative estimate of drug-likeness (QED) is 0.775. The van der Waals surface area contributed by atoms with E-state index >= 15 is 0 Å². The lowest BCUT2D eigenvalue weighted by molar-refractivity contribution is -0.191. The zero-order chi connectivity index (χ0) is 12.5. The van der Waals surface area contributed by atoms with Crippen LogP contribution in [0, 0.1) is 11.3 Å². The fraction of sp³-hybridized carbons (Fsp3) is 0.923. The molecule has 17 heavy (non-hydrogen) atoms. The molecular weight excluding hydrogens is 220 g/mol. The average molecular weight is 242 g/mol. The van der Waals surface area contributed by atoms with E-state index in [1.54, 1.807) is 0 Å². The summed E-state index contributed by atoms with van der Waals surface area (Å²) >= 11 is 0. The molecule has 0 atom stereocenters. The highest BCUT2D eigenvalue weighted by atomic mass is 16.5. The van der Waals surface area contributed by atoms with E-state index in [1.807, 2.05) is 0 Å². The molecular formula is C13H22O4. The van der Waals surface area contributed by atoms with Gasteiger partial charge in [0.2, 0.25) is 0 Å². The van der Waals surface area contributed by atoms with Gasteiger partial charge in [0.05, 0.1) is 5.60 Å². The first-order chi connectivity index (χ1) is 8.00. The van der Waals surface area contributed by atoms with Crippen LogP contribution in [0.1, 0.15) is 45.4 Å². The van der Waals surface area contributed by atoms with Gasteiger partial charge in [-0.2, -0.15) is 0 Å². The van der Waals surface area contributed by atoms with Crippen molar-refractivity contribution in [2.24, 2.45) is 11.3 Å². The van der Waals surface area contributed by atoms with Crippen molar-refractivity contribution in [2.45, 2.75) is 51.0 Å². The van der Waals surface area contributed by atoms with E-state index in [0.29, 0.717) is 44.8 Å². The molecule has 2 fully saturated rings. The van der Waals surface area contributed by atoms with Gasteiger partial charge >= 0.3 is 5.97 Å². The molecule has 0 radical (unpaired) electrons. The summed E-state index contributed by atoms with van der Waals surface area (Å²) in [5.41, 5.74) is -2.01. The maximum absolute atomic E-state index is 11.6. The lowest BCUT2D eigenvalue weighted by Crippen LogP contribution is -2.57. The Labute approximate surface area is 102 Å². The van der Waals surface area contributed by atoms with Crippen molar-refractivity contribution < 1.29 is 19.7 Å². The number of aliphatic hydroxyl groups is 1. The summed E-state index contributed by atoms with van der Waals surface area (Å²) in [4.78, 5) is 11.6. The van der Waals surface area contributed by atoms with Crippen LogP contribution in [-0.4, -0.2) is 35.0 Å². The van der Waals surface area contributed by atoms with Crippen molar-refractivity contribution in [3.05, 3.63) is 0 Å². The zero-order valence-electron chi connectivity index (χ0n) is 10.4. The standard InChI is InChI=1S/C13H22O4/c1-10-2-4-13(16,5-3-10)12(11(14)15)6-8-17-9-7-12/h10,16H,2-9H2,1H3,(H,14,15). The van der Waals surface area contributed by atoms with E-state index in [2.05, 4.69) is 6.92 Å². The van der Waals surface area contributed by atoms with E-state index < -0.39 is 17.0 Å². The Morgan fingerprint density at radius 3 is 2.18 bits per heavy atom. The maximum Gasteiger partial charge on any atom is 0.312 e. The monoisotopic (exact) mass is 242 g/mol. The Morgan fingerprint density at radius 1 is 1.18 bits per heavy atom. The van der Waals surface area contributed by atoms with Gasteiger partial charge in [-0.1, -0.05) is 6.92 Å². The van der Waals surface area contributed by atoms with Crippen molar-refractivity contribution >= 4 is 5.97 Å². The van der Waals surface area contributed by atoms with Crippen LogP contribution in [0.25, 0.3) is 0 Å². The van der Waals surface area contributed by atoms with Crippen LogP contribution in [-0.2, 0) is 9.53 Å². The van der Waals surface area contributed by atoms with Gasteiger partial charge in [0.15, 0.2) is 0 Å². The predicted molar refractivity (Wildman–Crippen MR) is 62.7 cm³/mol. The molecule has 4 nitrogen and oxygen atoms in total. The molecule has 0 aromatic carbocycles. The topological polar surface area (TPSA) is 66.8 Å². The SMILES string of the molecule is CC1CCC(O)(C2(C(=O)O)CCOCC2)CC1. The summed E-state index contributed by atoms with van der Waals surface area (Å²) in [5.74, 6) is -0.251. The molecule has 1 saturated carbocycles. The summed E-state index contributed by atoms with van der Waals surface area (Å²) in [6.07, 6.45) is 3.94. The number of hydrogen-bond donors (Lipinski definition) is 2. The summed E-state index contributed by atoms with van der Waals surface area (Å²) in [6.45, 7) is 3.06. The van der Waals surface area contributed by atoms with Crippen LogP contribution >= 0.6 is 0 Å². The smallest absolute Gasteiger partial charge is 0.312 e. The molecule has 0 unspecified atom stereocenters.